The highest BCUT2D eigenvalue weighted by atomic mass is 16.1. The Bertz CT molecular complexity index is 205. The first-order valence-corrected chi connectivity index (χ1v) is 2.77. The van der Waals surface area contributed by atoms with Crippen LogP contribution in [0.5, 0.6) is 0 Å². The number of hydrogen-bond donors (Lipinski definition) is 1. The maximum atomic E-state index is 9.97. The third kappa shape index (κ3) is 1.16. The van der Waals surface area contributed by atoms with Crippen molar-refractivity contribution in [2.75, 3.05) is 0 Å². The first kappa shape index (κ1) is 6.01. The Morgan fingerprint density at radius 1 is 1.89 bits per heavy atom. The Morgan fingerprint density at radius 3 is 3.11 bits per heavy atom. The van der Waals surface area contributed by atoms with Crippen LogP contribution in [-0.2, 0) is 11.2 Å². The number of aromatic nitrogens is 2. The summed E-state index contributed by atoms with van der Waals surface area (Å²) in [4.78, 5) is 16.8. The van der Waals surface area contributed by atoms with Gasteiger partial charge in [-0.3, -0.25) is 0 Å². The first-order chi connectivity index (χ1) is 4.34. The van der Waals surface area contributed by atoms with Gasteiger partial charge in [-0.05, 0) is 6.92 Å². The summed E-state index contributed by atoms with van der Waals surface area (Å²) >= 11 is 0. The molecule has 0 fully saturated rings. The number of carbonyl (C=O) groups excluding carboxylic acids is 1. The molecule has 0 saturated carbocycles. The van der Waals surface area contributed by atoms with Crippen LogP contribution in [0.3, 0.4) is 0 Å². The Hall–Kier alpha value is -1.12. The maximum Gasteiger partial charge on any atom is 0.126 e. The number of aromatic amines is 1. The fraction of sp³-hybridized carbons (Fsp3) is 0.333. The number of hydrogen-bond acceptors (Lipinski definition) is 2. The Labute approximate surface area is 53.1 Å². The molecular weight excluding hydrogens is 116 g/mol. The van der Waals surface area contributed by atoms with Gasteiger partial charge < -0.3 is 9.78 Å². The van der Waals surface area contributed by atoms with Gasteiger partial charge in [0.15, 0.2) is 0 Å². The average molecular weight is 124 g/mol. The van der Waals surface area contributed by atoms with Gasteiger partial charge in [0.2, 0.25) is 0 Å². The fourth-order valence-electron chi connectivity index (χ4n) is 0.672. The highest BCUT2D eigenvalue weighted by Gasteiger charge is 1.96. The number of imidazole rings is 1. The number of H-pyrrole nitrogens is 1. The number of aryl methyl sites for hydroxylation is 1. The highest BCUT2D eigenvalue weighted by molar-refractivity contribution is 5.54. The molecule has 0 aromatic carbocycles. The normalized spacial score (nSPS) is 9.44. The van der Waals surface area contributed by atoms with E-state index in [0.717, 1.165) is 17.7 Å². The van der Waals surface area contributed by atoms with Gasteiger partial charge in [-0.1, -0.05) is 0 Å². The Morgan fingerprint density at radius 2 is 2.67 bits per heavy atom. The lowest BCUT2D eigenvalue weighted by Crippen LogP contribution is -1.87. The van der Waals surface area contributed by atoms with Crippen molar-refractivity contribution in [2.45, 2.75) is 13.3 Å². The summed E-state index contributed by atoms with van der Waals surface area (Å²) in [5, 5.41) is 0. The number of nitrogens with zero attached hydrogens (tertiary/aromatic N) is 1. The third-order valence-corrected chi connectivity index (χ3v) is 1.21. The third-order valence-electron chi connectivity index (χ3n) is 1.21. The van der Waals surface area contributed by atoms with Crippen LogP contribution < -0.4 is 0 Å². The van der Waals surface area contributed by atoms with E-state index in [1.54, 1.807) is 6.33 Å². The van der Waals surface area contributed by atoms with Crippen LogP contribution in [0.4, 0.5) is 0 Å². The molecule has 0 spiro atoms. The van der Waals surface area contributed by atoms with Gasteiger partial charge in [0, 0.05) is 12.1 Å². The molecule has 1 aromatic rings. The van der Waals surface area contributed by atoms with Crippen LogP contribution in [-0.4, -0.2) is 16.3 Å². The molecular formula is C6H8N2O. The fourth-order valence-corrected chi connectivity index (χ4v) is 0.672. The van der Waals surface area contributed by atoms with Crippen molar-refractivity contribution < 1.29 is 4.79 Å². The molecule has 0 radical (unpaired) electrons. The summed E-state index contributed by atoms with van der Waals surface area (Å²) in [6.07, 6.45) is 2.85. The van der Waals surface area contributed by atoms with Gasteiger partial charge in [-0.25, -0.2) is 4.98 Å². The van der Waals surface area contributed by atoms with Crippen molar-refractivity contribution in [2.24, 2.45) is 0 Å². The van der Waals surface area contributed by atoms with E-state index in [1.165, 1.54) is 0 Å². The van der Waals surface area contributed by atoms with E-state index in [2.05, 4.69) is 9.97 Å². The molecule has 0 amide bonds. The van der Waals surface area contributed by atoms with E-state index >= 15 is 0 Å². The molecule has 1 N–H and O–H groups in total. The van der Waals surface area contributed by atoms with E-state index < -0.39 is 0 Å². The zero-order valence-electron chi connectivity index (χ0n) is 5.22. The average Bonchev–Trinajstić information content (AvgIpc) is 2.18. The summed E-state index contributed by atoms with van der Waals surface area (Å²) in [5.41, 5.74) is 1.81. The molecule has 0 aliphatic carbocycles. The lowest BCUT2D eigenvalue weighted by atomic mass is 10.3. The predicted octanol–water partition coefficient (Wildman–Crippen LogP) is 0.460. The predicted molar refractivity (Wildman–Crippen MR) is 33.1 cm³/mol. The molecule has 0 aliphatic rings. The van der Waals surface area contributed by atoms with Crippen LogP contribution in [0, 0.1) is 6.92 Å². The van der Waals surface area contributed by atoms with Gasteiger partial charge in [0.05, 0.1) is 12.0 Å². The summed E-state index contributed by atoms with van der Waals surface area (Å²) in [5.74, 6) is 0. The van der Waals surface area contributed by atoms with E-state index in [4.69, 9.17) is 0 Å². The molecule has 9 heavy (non-hydrogen) atoms. The smallest absolute Gasteiger partial charge is 0.126 e. The van der Waals surface area contributed by atoms with E-state index in [9.17, 15) is 4.79 Å². The minimum atomic E-state index is 0.412. The van der Waals surface area contributed by atoms with Crippen LogP contribution in [0.1, 0.15) is 11.4 Å². The van der Waals surface area contributed by atoms with Crippen LogP contribution in [0.15, 0.2) is 6.33 Å². The summed E-state index contributed by atoms with van der Waals surface area (Å²) in [6.45, 7) is 1.89. The van der Waals surface area contributed by atoms with E-state index in [0.29, 0.717) is 6.42 Å². The topological polar surface area (TPSA) is 45.8 Å². The molecule has 0 aliphatic heterocycles. The summed E-state index contributed by atoms with van der Waals surface area (Å²) in [6, 6.07) is 0. The van der Waals surface area contributed by atoms with Crippen LogP contribution in [0.2, 0.25) is 0 Å². The SMILES string of the molecule is Cc1[nH]cnc1CC=O. The summed E-state index contributed by atoms with van der Waals surface area (Å²) in [7, 11) is 0. The van der Waals surface area contributed by atoms with Gasteiger partial charge in [-0.15, -0.1) is 0 Å². The highest BCUT2D eigenvalue weighted by Crippen LogP contribution is 1.98. The quantitative estimate of drug-likeness (QED) is 0.582. The second-order valence-electron chi connectivity index (χ2n) is 1.85. The summed E-state index contributed by atoms with van der Waals surface area (Å²) < 4.78 is 0. The minimum Gasteiger partial charge on any atom is -0.348 e. The number of carbonyl (C=O) groups is 1. The first-order valence-electron chi connectivity index (χ1n) is 2.77. The second kappa shape index (κ2) is 2.44. The zero-order chi connectivity index (χ0) is 6.69. The van der Waals surface area contributed by atoms with Crippen molar-refractivity contribution in [3.8, 4) is 0 Å². The molecule has 0 saturated heterocycles. The number of nitrogens with one attached hydrogen (secondary N) is 1. The maximum absolute atomic E-state index is 9.97. The lowest BCUT2D eigenvalue weighted by molar-refractivity contribution is -0.107. The van der Waals surface area contributed by atoms with Crippen molar-refractivity contribution in [1.29, 1.82) is 0 Å². The van der Waals surface area contributed by atoms with Crippen molar-refractivity contribution in [3.05, 3.63) is 17.7 Å². The molecule has 1 heterocycles. The Balaban J connectivity index is 2.80. The Kier molecular flexibility index (Phi) is 1.63. The minimum absolute atomic E-state index is 0.412. The van der Waals surface area contributed by atoms with Gasteiger partial charge in [0.25, 0.3) is 0 Å². The second-order valence-corrected chi connectivity index (χ2v) is 1.85. The number of aldehydes is 1. The molecule has 48 valence electrons. The van der Waals surface area contributed by atoms with Crippen LogP contribution in [0.25, 0.3) is 0 Å². The molecule has 3 heteroatoms. The van der Waals surface area contributed by atoms with Crippen LogP contribution >= 0.6 is 0 Å². The van der Waals surface area contributed by atoms with Crippen molar-refractivity contribution >= 4 is 6.29 Å². The monoisotopic (exact) mass is 124 g/mol. The molecule has 1 aromatic heterocycles. The molecule has 3 nitrogen and oxygen atoms in total. The van der Waals surface area contributed by atoms with E-state index in [1.807, 2.05) is 6.92 Å². The molecule has 0 unspecified atom stereocenters. The molecule has 1 rings (SSSR count). The van der Waals surface area contributed by atoms with Gasteiger partial charge in [-0.2, -0.15) is 0 Å². The largest absolute Gasteiger partial charge is 0.348 e. The standard InChI is InChI=1S/C6H8N2O/c1-5-6(2-3-9)8-4-7-5/h3-4H,2H2,1H3,(H,7,8). The molecule has 0 atom stereocenters. The van der Waals surface area contributed by atoms with Gasteiger partial charge >= 0.3 is 0 Å². The molecule has 0 bridgehead atoms. The zero-order valence-corrected chi connectivity index (χ0v) is 5.22. The van der Waals surface area contributed by atoms with Crippen molar-refractivity contribution in [1.82, 2.24) is 9.97 Å². The van der Waals surface area contributed by atoms with Gasteiger partial charge in [0.1, 0.15) is 6.29 Å². The van der Waals surface area contributed by atoms with Crippen molar-refractivity contribution in [3.63, 3.8) is 0 Å². The number of rotatable bonds is 2. The van der Waals surface area contributed by atoms with E-state index in [-0.39, 0.29) is 0 Å². The lowest BCUT2D eigenvalue weighted by Gasteiger charge is -1.85.